The molecular weight excluding hydrogens is 238 g/mol. The zero-order valence-corrected chi connectivity index (χ0v) is 12.0. The van der Waals surface area contributed by atoms with Crippen molar-refractivity contribution in [2.45, 2.75) is 51.5 Å². The summed E-state index contributed by atoms with van der Waals surface area (Å²) >= 11 is 0. The number of benzene rings is 1. The highest BCUT2D eigenvalue weighted by Crippen LogP contribution is 2.32. The van der Waals surface area contributed by atoms with Gasteiger partial charge in [0.2, 0.25) is 0 Å². The summed E-state index contributed by atoms with van der Waals surface area (Å²) in [5.74, 6) is -0.420. The molecule has 104 valence electrons. The van der Waals surface area contributed by atoms with Gasteiger partial charge in [-0.2, -0.15) is 0 Å². The quantitative estimate of drug-likeness (QED) is 0.907. The molecular formula is C16H23NO2. The maximum Gasteiger partial charge on any atom is 0.163 e. The van der Waals surface area contributed by atoms with Crippen LogP contribution in [0.1, 0.15) is 43.0 Å². The van der Waals surface area contributed by atoms with Crippen LogP contribution in [0.4, 0.5) is 0 Å². The largest absolute Gasteiger partial charge is 0.348 e. The second kappa shape index (κ2) is 4.89. The van der Waals surface area contributed by atoms with Crippen LogP contribution < -0.4 is 5.32 Å². The van der Waals surface area contributed by atoms with Gasteiger partial charge >= 0.3 is 0 Å². The van der Waals surface area contributed by atoms with Gasteiger partial charge in [0.1, 0.15) is 0 Å². The van der Waals surface area contributed by atoms with E-state index in [1.165, 1.54) is 29.5 Å². The standard InChI is InChI=1S/C16H23NO2/c1-11-4-5-12-6-7-15(14(12)8-11)17-9-13-10-18-16(2,3)19-13/h4-5,8,13,15,17H,6-7,9-10H2,1-3H3. The predicted molar refractivity (Wildman–Crippen MR) is 75.1 cm³/mol. The van der Waals surface area contributed by atoms with Crippen LogP contribution in [0.2, 0.25) is 0 Å². The Morgan fingerprint density at radius 1 is 1.37 bits per heavy atom. The second-order valence-electron chi connectivity index (χ2n) is 6.15. The number of hydrogen-bond donors (Lipinski definition) is 1. The van der Waals surface area contributed by atoms with Crippen molar-refractivity contribution in [3.8, 4) is 0 Å². The third kappa shape index (κ3) is 2.83. The Labute approximate surface area is 115 Å². The van der Waals surface area contributed by atoms with E-state index in [1.54, 1.807) is 0 Å². The number of aryl methyl sites for hydroxylation is 2. The van der Waals surface area contributed by atoms with Gasteiger partial charge in [0.15, 0.2) is 5.79 Å². The van der Waals surface area contributed by atoms with E-state index in [1.807, 2.05) is 13.8 Å². The van der Waals surface area contributed by atoms with Gasteiger partial charge in [0, 0.05) is 12.6 Å². The van der Waals surface area contributed by atoms with E-state index in [2.05, 4.69) is 30.4 Å². The van der Waals surface area contributed by atoms with Crippen LogP contribution >= 0.6 is 0 Å². The Balaban J connectivity index is 1.60. The molecule has 1 aliphatic heterocycles. The molecule has 0 aromatic heterocycles. The van der Waals surface area contributed by atoms with E-state index in [0.29, 0.717) is 12.6 Å². The van der Waals surface area contributed by atoms with Crippen LogP contribution in [0.15, 0.2) is 18.2 Å². The molecule has 19 heavy (non-hydrogen) atoms. The van der Waals surface area contributed by atoms with Crippen molar-refractivity contribution in [2.75, 3.05) is 13.2 Å². The molecule has 0 saturated carbocycles. The van der Waals surface area contributed by atoms with Crippen molar-refractivity contribution in [2.24, 2.45) is 0 Å². The lowest BCUT2D eigenvalue weighted by atomic mass is 10.0. The fourth-order valence-electron chi connectivity index (χ4n) is 3.07. The SMILES string of the molecule is Cc1ccc2c(c1)C(NCC1COC(C)(C)O1)CC2. The maximum atomic E-state index is 5.84. The third-order valence-corrected chi connectivity index (χ3v) is 4.04. The summed E-state index contributed by atoms with van der Waals surface area (Å²) in [6.45, 7) is 7.66. The molecule has 1 aliphatic carbocycles. The first kappa shape index (κ1) is 13.1. The number of hydrogen-bond acceptors (Lipinski definition) is 3. The zero-order valence-electron chi connectivity index (χ0n) is 12.0. The molecule has 1 N–H and O–H groups in total. The Hall–Kier alpha value is -0.900. The van der Waals surface area contributed by atoms with Crippen LogP contribution in [0, 0.1) is 6.92 Å². The van der Waals surface area contributed by atoms with Crippen LogP contribution in [0.5, 0.6) is 0 Å². The summed E-state index contributed by atoms with van der Waals surface area (Å²) in [5, 5.41) is 3.64. The fourth-order valence-corrected chi connectivity index (χ4v) is 3.07. The summed E-state index contributed by atoms with van der Waals surface area (Å²) < 4.78 is 11.4. The molecule has 3 nitrogen and oxygen atoms in total. The topological polar surface area (TPSA) is 30.5 Å². The highest BCUT2D eigenvalue weighted by Gasteiger charge is 2.33. The summed E-state index contributed by atoms with van der Waals surface area (Å²) in [7, 11) is 0. The maximum absolute atomic E-state index is 5.84. The van der Waals surface area contributed by atoms with Gasteiger partial charge in [0.05, 0.1) is 12.7 Å². The number of nitrogens with one attached hydrogen (secondary N) is 1. The average molecular weight is 261 g/mol. The summed E-state index contributed by atoms with van der Waals surface area (Å²) in [6, 6.07) is 7.26. The molecule has 2 atom stereocenters. The van der Waals surface area contributed by atoms with Gasteiger partial charge in [-0.1, -0.05) is 23.8 Å². The van der Waals surface area contributed by atoms with E-state index in [9.17, 15) is 0 Å². The number of ether oxygens (including phenoxy) is 2. The van der Waals surface area contributed by atoms with E-state index >= 15 is 0 Å². The highest BCUT2D eigenvalue weighted by molar-refractivity contribution is 5.37. The Morgan fingerprint density at radius 3 is 2.95 bits per heavy atom. The average Bonchev–Trinajstić information content (AvgIpc) is 2.90. The number of rotatable bonds is 3. The van der Waals surface area contributed by atoms with Crippen molar-refractivity contribution in [1.82, 2.24) is 5.32 Å². The smallest absolute Gasteiger partial charge is 0.163 e. The molecule has 1 fully saturated rings. The van der Waals surface area contributed by atoms with E-state index < -0.39 is 5.79 Å². The monoisotopic (exact) mass is 261 g/mol. The van der Waals surface area contributed by atoms with Crippen molar-refractivity contribution in [1.29, 1.82) is 0 Å². The van der Waals surface area contributed by atoms with Gasteiger partial charge in [0.25, 0.3) is 0 Å². The molecule has 1 aromatic rings. The first-order chi connectivity index (χ1) is 9.03. The van der Waals surface area contributed by atoms with Crippen LogP contribution in [-0.2, 0) is 15.9 Å². The third-order valence-electron chi connectivity index (χ3n) is 4.04. The summed E-state index contributed by atoms with van der Waals surface area (Å²) in [5.41, 5.74) is 4.30. The number of fused-ring (bicyclic) bond motifs is 1. The van der Waals surface area contributed by atoms with Crippen molar-refractivity contribution >= 4 is 0 Å². The summed E-state index contributed by atoms with van der Waals surface area (Å²) in [6.07, 6.45) is 2.54. The highest BCUT2D eigenvalue weighted by atomic mass is 16.7. The van der Waals surface area contributed by atoms with Gasteiger partial charge in [-0.05, 0) is 44.7 Å². The first-order valence-corrected chi connectivity index (χ1v) is 7.18. The zero-order chi connectivity index (χ0) is 13.5. The van der Waals surface area contributed by atoms with Crippen molar-refractivity contribution < 1.29 is 9.47 Å². The molecule has 2 unspecified atom stereocenters. The predicted octanol–water partition coefficient (Wildman–Crippen LogP) is 2.72. The molecule has 2 aliphatic rings. The molecule has 1 saturated heterocycles. The van der Waals surface area contributed by atoms with Gasteiger partial charge in [-0.3, -0.25) is 0 Å². The van der Waals surface area contributed by atoms with Gasteiger partial charge < -0.3 is 14.8 Å². The van der Waals surface area contributed by atoms with Crippen LogP contribution in [0.3, 0.4) is 0 Å². The van der Waals surface area contributed by atoms with Crippen LogP contribution in [-0.4, -0.2) is 25.0 Å². The van der Waals surface area contributed by atoms with E-state index in [4.69, 9.17) is 9.47 Å². The molecule has 1 heterocycles. The van der Waals surface area contributed by atoms with Gasteiger partial charge in [-0.15, -0.1) is 0 Å². The van der Waals surface area contributed by atoms with Crippen molar-refractivity contribution in [3.63, 3.8) is 0 Å². The van der Waals surface area contributed by atoms with E-state index in [-0.39, 0.29) is 6.10 Å². The minimum absolute atomic E-state index is 0.170. The minimum Gasteiger partial charge on any atom is -0.348 e. The molecule has 3 rings (SSSR count). The molecule has 3 heteroatoms. The lowest BCUT2D eigenvalue weighted by Crippen LogP contribution is -2.32. The van der Waals surface area contributed by atoms with Crippen molar-refractivity contribution in [3.05, 3.63) is 34.9 Å². The first-order valence-electron chi connectivity index (χ1n) is 7.18. The summed E-state index contributed by atoms with van der Waals surface area (Å²) in [4.78, 5) is 0. The molecule has 0 amide bonds. The van der Waals surface area contributed by atoms with Gasteiger partial charge in [-0.25, -0.2) is 0 Å². The molecule has 0 spiro atoms. The molecule has 0 bridgehead atoms. The normalized spacial score (nSPS) is 28.6. The Morgan fingerprint density at radius 2 is 2.21 bits per heavy atom. The Kier molecular flexibility index (Phi) is 3.37. The molecule has 0 radical (unpaired) electrons. The fraction of sp³-hybridized carbons (Fsp3) is 0.625. The van der Waals surface area contributed by atoms with Crippen LogP contribution in [0.25, 0.3) is 0 Å². The minimum atomic E-state index is -0.420. The van der Waals surface area contributed by atoms with E-state index in [0.717, 1.165) is 6.54 Å². The lowest BCUT2D eigenvalue weighted by molar-refractivity contribution is -0.137. The Bertz CT molecular complexity index is 470. The lowest BCUT2D eigenvalue weighted by Gasteiger charge is -2.19. The molecule has 1 aromatic carbocycles. The second-order valence-corrected chi connectivity index (χ2v) is 6.15.